The van der Waals surface area contributed by atoms with Crippen molar-refractivity contribution in [1.82, 2.24) is 10.2 Å². The minimum absolute atomic E-state index is 0.0171. The molecule has 3 aromatic rings. The first-order chi connectivity index (χ1) is 15.2. The summed E-state index contributed by atoms with van der Waals surface area (Å²) in [6.07, 6.45) is 3.08. The third-order valence-electron chi connectivity index (χ3n) is 6.10. The van der Waals surface area contributed by atoms with Gasteiger partial charge in [-0.05, 0) is 30.0 Å². The summed E-state index contributed by atoms with van der Waals surface area (Å²) < 4.78 is 0. The normalized spacial score (nSPS) is 19.2. The average Bonchev–Trinajstić information content (AvgIpc) is 2.84. The van der Waals surface area contributed by atoms with E-state index in [-0.39, 0.29) is 24.0 Å². The molecular formula is C28H30N2O. The molecule has 0 unspecified atom stereocenters. The summed E-state index contributed by atoms with van der Waals surface area (Å²) in [5.41, 5.74) is 4.46. The molecule has 0 bridgehead atoms. The van der Waals surface area contributed by atoms with Gasteiger partial charge in [0.25, 0.3) is 5.91 Å². The summed E-state index contributed by atoms with van der Waals surface area (Å²) in [6.45, 7) is 5.06. The van der Waals surface area contributed by atoms with Gasteiger partial charge in [-0.3, -0.25) is 4.79 Å². The van der Waals surface area contributed by atoms with Crippen molar-refractivity contribution in [3.05, 3.63) is 119 Å². The van der Waals surface area contributed by atoms with Crippen LogP contribution >= 0.6 is 0 Å². The molecule has 3 heteroatoms. The van der Waals surface area contributed by atoms with Crippen molar-refractivity contribution >= 4 is 5.91 Å². The molecule has 3 aromatic carbocycles. The van der Waals surface area contributed by atoms with Crippen LogP contribution in [0.2, 0.25) is 0 Å². The molecule has 1 fully saturated rings. The van der Waals surface area contributed by atoms with E-state index in [2.05, 4.69) is 73.8 Å². The van der Waals surface area contributed by atoms with Crippen molar-refractivity contribution in [2.45, 2.75) is 44.9 Å². The average molecular weight is 411 g/mol. The van der Waals surface area contributed by atoms with E-state index < -0.39 is 0 Å². The molecule has 0 aromatic heterocycles. The Hall–Kier alpha value is -3.17. The van der Waals surface area contributed by atoms with Gasteiger partial charge in [-0.25, -0.2) is 0 Å². The largest absolute Gasteiger partial charge is 0.321 e. The second-order valence-corrected chi connectivity index (χ2v) is 8.12. The smallest absolute Gasteiger partial charge is 0.253 e. The molecular weight excluding hydrogens is 380 g/mol. The highest BCUT2D eigenvalue weighted by Gasteiger charge is 2.45. The van der Waals surface area contributed by atoms with Crippen LogP contribution in [0.15, 0.2) is 103 Å². The number of hydrogen-bond donors (Lipinski definition) is 1. The van der Waals surface area contributed by atoms with E-state index in [0.717, 1.165) is 29.7 Å². The van der Waals surface area contributed by atoms with Crippen molar-refractivity contribution in [1.29, 1.82) is 0 Å². The highest BCUT2D eigenvalue weighted by Crippen LogP contribution is 2.45. The fourth-order valence-corrected chi connectivity index (χ4v) is 4.28. The maximum atomic E-state index is 13.3. The first-order valence-corrected chi connectivity index (χ1v) is 11.1. The fourth-order valence-electron chi connectivity index (χ4n) is 4.28. The number of hydrogen-bond acceptors (Lipinski definition) is 2. The molecule has 1 heterocycles. The summed E-state index contributed by atoms with van der Waals surface area (Å²) >= 11 is 0. The number of likely N-dealkylation sites (tertiary alicyclic amines) is 1. The lowest BCUT2D eigenvalue weighted by atomic mass is 9.84. The molecule has 0 aliphatic carbocycles. The second kappa shape index (κ2) is 9.76. The lowest BCUT2D eigenvalue weighted by molar-refractivity contribution is -0.140. The Balaban J connectivity index is 1.59. The third kappa shape index (κ3) is 4.62. The summed E-state index contributed by atoms with van der Waals surface area (Å²) in [5.74, 6) is 0.130. The molecule has 1 saturated heterocycles. The first-order valence-electron chi connectivity index (χ1n) is 11.1. The maximum Gasteiger partial charge on any atom is 0.253 e. The Kier molecular flexibility index (Phi) is 6.63. The van der Waals surface area contributed by atoms with E-state index >= 15 is 0 Å². The molecule has 158 valence electrons. The fraction of sp³-hybridized carbons (Fsp3) is 0.250. The van der Waals surface area contributed by atoms with Gasteiger partial charge in [-0.2, -0.15) is 0 Å². The van der Waals surface area contributed by atoms with Crippen LogP contribution in [0.5, 0.6) is 0 Å². The molecule has 0 radical (unpaired) electrons. The number of carbonyl (C=O) groups excluding carboxylic acids is 1. The van der Waals surface area contributed by atoms with Gasteiger partial charge in [0.15, 0.2) is 0 Å². The standard InChI is InChI=1S/C28H30N2O/c1-3-25(29-20-22-13-7-4-8-14-22)19-26-27(24-17-11-6-12-18-24)30(28(26)31)21(2)23-15-9-5-10-16-23/h4-19,21,25,27,29H,3,20H2,1-2H3/b26-19-/t21-,25+,27-/m0/s1. The lowest BCUT2D eigenvalue weighted by Crippen LogP contribution is -2.50. The van der Waals surface area contributed by atoms with Crippen LogP contribution < -0.4 is 5.32 Å². The molecule has 31 heavy (non-hydrogen) atoms. The van der Waals surface area contributed by atoms with Crippen molar-refractivity contribution in [2.75, 3.05) is 0 Å². The van der Waals surface area contributed by atoms with Crippen LogP contribution in [0.4, 0.5) is 0 Å². The van der Waals surface area contributed by atoms with E-state index in [9.17, 15) is 4.79 Å². The minimum Gasteiger partial charge on any atom is -0.321 e. The SMILES string of the molecule is CC[C@H](/C=C1\C(=O)N([C@@H](C)c2ccccc2)[C@H]1c1ccccc1)NCc1ccccc1. The summed E-state index contributed by atoms with van der Waals surface area (Å²) in [5, 5.41) is 3.61. The van der Waals surface area contributed by atoms with Crippen LogP contribution in [0.25, 0.3) is 0 Å². The minimum atomic E-state index is -0.0171. The van der Waals surface area contributed by atoms with Crippen molar-refractivity contribution in [3.8, 4) is 0 Å². The summed E-state index contributed by atoms with van der Waals surface area (Å²) in [4.78, 5) is 15.3. The topological polar surface area (TPSA) is 32.3 Å². The number of β-lactam (4-membered cyclic amide) rings is 1. The van der Waals surface area contributed by atoms with Crippen molar-refractivity contribution < 1.29 is 4.79 Å². The van der Waals surface area contributed by atoms with E-state index in [1.165, 1.54) is 5.56 Å². The van der Waals surface area contributed by atoms with E-state index in [0.29, 0.717) is 0 Å². The zero-order valence-corrected chi connectivity index (χ0v) is 18.2. The van der Waals surface area contributed by atoms with Gasteiger partial charge in [-0.15, -0.1) is 0 Å². The van der Waals surface area contributed by atoms with Gasteiger partial charge >= 0.3 is 0 Å². The molecule has 0 spiro atoms. The first kappa shape index (κ1) is 21.1. The lowest BCUT2D eigenvalue weighted by Gasteiger charge is -2.47. The monoisotopic (exact) mass is 410 g/mol. The number of carbonyl (C=O) groups is 1. The number of amides is 1. The van der Waals surface area contributed by atoms with Gasteiger partial charge in [0.1, 0.15) is 0 Å². The maximum absolute atomic E-state index is 13.3. The third-order valence-corrected chi connectivity index (χ3v) is 6.10. The van der Waals surface area contributed by atoms with Gasteiger partial charge in [0.05, 0.1) is 12.1 Å². The molecule has 3 nitrogen and oxygen atoms in total. The Morgan fingerprint density at radius 3 is 2.10 bits per heavy atom. The van der Waals surface area contributed by atoms with Gasteiger partial charge in [0, 0.05) is 18.2 Å². The van der Waals surface area contributed by atoms with Crippen molar-refractivity contribution in [3.63, 3.8) is 0 Å². The predicted octanol–water partition coefficient (Wildman–Crippen LogP) is 5.83. The Bertz CT molecular complexity index is 1010. The zero-order chi connectivity index (χ0) is 21.6. The highest BCUT2D eigenvalue weighted by atomic mass is 16.2. The number of rotatable bonds is 8. The Morgan fingerprint density at radius 1 is 0.903 bits per heavy atom. The molecule has 3 atom stereocenters. The van der Waals surface area contributed by atoms with Gasteiger partial charge < -0.3 is 10.2 Å². The zero-order valence-electron chi connectivity index (χ0n) is 18.2. The quantitative estimate of drug-likeness (QED) is 0.374. The second-order valence-electron chi connectivity index (χ2n) is 8.12. The van der Waals surface area contributed by atoms with Gasteiger partial charge in [0.2, 0.25) is 0 Å². The van der Waals surface area contributed by atoms with Crippen LogP contribution in [0.3, 0.4) is 0 Å². The van der Waals surface area contributed by atoms with Crippen LogP contribution in [-0.4, -0.2) is 16.8 Å². The van der Waals surface area contributed by atoms with Crippen LogP contribution in [0, 0.1) is 0 Å². The number of nitrogens with zero attached hydrogens (tertiary/aromatic N) is 1. The molecule has 1 N–H and O–H groups in total. The summed E-state index contributed by atoms with van der Waals surface area (Å²) in [7, 11) is 0. The van der Waals surface area contributed by atoms with Crippen LogP contribution in [-0.2, 0) is 11.3 Å². The molecule has 4 rings (SSSR count). The van der Waals surface area contributed by atoms with E-state index in [1.807, 2.05) is 47.4 Å². The van der Waals surface area contributed by atoms with Gasteiger partial charge in [-0.1, -0.05) is 104 Å². The van der Waals surface area contributed by atoms with E-state index in [4.69, 9.17) is 0 Å². The van der Waals surface area contributed by atoms with Crippen LogP contribution in [0.1, 0.15) is 49.0 Å². The molecule has 0 saturated carbocycles. The Labute approximate surface area is 185 Å². The molecule has 1 aliphatic heterocycles. The number of nitrogens with one attached hydrogen (secondary N) is 1. The predicted molar refractivity (Wildman–Crippen MR) is 126 cm³/mol. The Morgan fingerprint density at radius 2 is 1.48 bits per heavy atom. The molecule has 1 aliphatic rings. The number of benzene rings is 3. The molecule has 1 amide bonds. The van der Waals surface area contributed by atoms with Crippen molar-refractivity contribution in [2.24, 2.45) is 0 Å². The highest BCUT2D eigenvalue weighted by molar-refractivity contribution is 6.02. The van der Waals surface area contributed by atoms with E-state index in [1.54, 1.807) is 0 Å². The summed E-state index contributed by atoms with van der Waals surface area (Å²) in [6, 6.07) is 31.2.